The normalized spacial score (nSPS) is 16.6. The van der Waals surface area contributed by atoms with Gasteiger partial charge in [0.15, 0.2) is 11.5 Å². The number of nitrogens with one attached hydrogen (secondary N) is 4. The zero-order valence-electron chi connectivity index (χ0n) is 24.3. The maximum absolute atomic E-state index is 13.6. The van der Waals surface area contributed by atoms with Crippen molar-refractivity contribution in [2.45, 2.75) is 25.3 Å². The Morgan fingerprint density at radius 2 is 1.83 bits per heavy atom. The van der Waals surface area contributed by atoms with E-state index in [2.05, 4.69) is 21.3 Å². The summed E-state index contributed by atoms with van der Waals surface area (Å²) in [5, 5.41) is 49.5. The molecular weight excluding hydrogens is 631 g/mol. The first kappa shape index (κ1) is 33.7. The van der Waals surface area contributed by atoms with Crippen LogP contribution < -0.4 is 25.9 Å². The van der Waals surface area contributed by atoms with Crippen LogP contribution in [0, 0.1) is 0 Å². The van der Waals surface area contributed by atoms with Crippen LogP contribution in [0.4, 0.5) is 9.59 Å². The minimum atomic E-state index is -1.74. The Labute approximate surface area is 266 Å². The SMILES string of the molecule is CCNC(=O)NCCN1CCN(C(=O)NC(C(=O)N[C@H]2Cc3cccc(C(=O)O)c3OB2O)c2ccc(O)c(O)c2Cl)C(=O)C1=O. The topological polar surface area (TPSA) is 247 Å². The molecule has 7 amide bonds. The van der Waals surface area contributed by atoms with Gasteiger partial charge in [0, 0.05) is 38.3 Å². The highest BCUT2D eigenvalue weighted by molar-refractivity contribution is 6.47. The molecule has 17 nitrogen and oxygen atoms in total. The summed E-state index contributed by atoms with van der Waals surface area (Å²) < 4.78 is 5.40. The largest absolute Gasteiger partial charge is 0.547 e. The van der Waals surface area contributed by atoms with Crippen molar-refractivity contribution in [3.05, 3.63) is 52.0 Å². The maximum atomic E-state index is 13.6. The zero-order valence-corrected chi connectivity index (χ0v) is 25.0. The molecule has 2 aromatic carbocycles. The number of hydrogen-bond acceptors (Lipinski definition) is 10. The summed E-state index contributed by atoms with van der Waals surface area (Å²) >= 11 is 6.21. The fraction of sp³-hybridized carbons (Fsp3) is 0.333. The van der Waals surface area contributed by atoms with Crippen molar-refractivity contribution < 1.29 is 53.8 Å². The number of rotatable bonds is 9. The predicted molar refractivity (Wildman–Crippen MR) is 159 cm³/mol. The second-order valence-electron chi connectivity index (χ2n) is 10.2. The molecule has 4 rings (SSSR count). The number of hydrogen-bond donors (Lipinski definition) is 8. The molecule has 0 saturated carbocycles. The number of imide groups is 1. The number of carbonyl (C=O) groups is 6. The number of halogens is 1. The predicted octanol–water partition coefficient (Wildman–Crippen LogP) is -0.670. The molecule has 1 saturated heterocycles. The number of benzene rings is 2. The molecule has 19 heteroatoms. The fourth-order valence-electron chi connectivity index (χ4n) is 4.87. The lowest BCUT2D eigenvalue weighted by Crippen LogP contribution is -2.60. The molecule has 0 spiro atoms. The minimum absolute atomic E-state index is 0.00648. The van der Waals surface area contributed by atoms with Gasteiger partial charge in [-0.2, -0.15) is 0 Å². The van der Waals surface area contributed by atoms with Crippen molar-refractivity contribution >= 4 is 54.5 Å². The number of carbonyl (C=O) groups excluding carboxylic acids is 5. The van der Waals surface area contributed by atoms with Crippen LogP contribution in [0.15, 0.2) is 30.3 Å². The molecule has 2 heterocycles. The Kier molecular flexibility index (Phi) is 10.4. The molecular formula is C27H30BClN6O11. The fourth-order valence-corrected chi connectivity index (χ4v) is 5.14. The van der Waals surface area contributed by atoms with Gasteiger partial charge >= 0.3 is 37.0 Å². The molecule has 0 radical (unpaired) electrons. The third-order valence-corrected chi connectivity index (χ3v) is 7.60. The number of nitrogens with zero attached hydrogens (tertiary/aromatic N) is 2. The van der Waals surface area contributed by atoms with Gasteiger partial charge in [0.2, 0.25) is 5.91 Å². The number of aromatic hydroxyl groups is 2. The van der Waals surface area contributed by atoms with Gasteiger partial charge in [-0.1, -0.05) is 29.8 Å². The first-order valence-electron chi connectivity index (χ1n) is 14.0. The van der Waals surface area contributed by atoms with Gasteiger partial charge in [-0.3, -0.25) is 19.3 Å². The average molecular weight is 661 g/mol. The van der Waals surface area contributed by atoms with E-state index in [1.807, 2.05) is 0 Å². The molecule has 2 aliphatic heterocycles. The summed E-state index contributed by atoms with van der Waals surface area (Å²) in [7, 11) is -1.72. The van der Waals surface area contributed by atoms with Crippen molar-refractivity contribution in [1.29, 1.82) is 0 Å². The molecule has 46 heavy (non-hydrogen) atoms. The first-order valence-corrected chi connectivity index (χ1v) is 14.3. The van der Waals surface area contributed by atoms with E-state index in [-0.39, 0.29) is 49.5 Å². The Morgan fingerprint density at radius 1 is 1.09 bits per heavy atom. The second-order valence-corrected chi connectivity index (χ2v) is 10.6. The van der Waals surface area contributed by atoms with Crippen molar-refractivity contribution in [2.75, 3.05) is 32.7 Å². The smallest absolute Gasteiger partial charge is 0.534 e. The molecule has 2 aliphatic rings. The molecule has 8 N–H and O–H groups in total. The Hall–Kier alpha value is -5.23. The Morgan fingerprint density at radius 3 is 2.52 bits per heavy atom. The number of urea groups is 2. The highest BCUT2D eigenvalue weighted by atomic mass is 35.5. The molecule has 0 aromatic heterocycles. The molecule has 1 fully saturated rings. The number of fused-ring (bicyclic) bond motifs is 1. The number of amides is 7. The third-order valence-electron chi connectivity index (χ3n) is 7.20. The van der Waals surface area contributed by atoms with Gasteiger partial charge in [-0.05, 0) is 31.0 Å². The lowest BCUT2D eigenvalue weighted by atomic mass is 9.72. The van der Waals surface area contributed by atoms with Crippen molar-refractivity contribution in [3.8, 4) is 17.2 Å². The van der Waals surface area contributed by atoms with Crippen LogP contribution >= 0.6 is 11.6 Å². The monoisotopic (exact) mass is 660 g/mol. The average Bonchev–Trinajstić information content (AvgIpc) is 3.01. The van der Waals surface area contributed by atoms with Gasteiger partial charge in [-0.25, -0.2) is 14.4 Å². The summed E-state index contributed by atoms with van der Waals surface area (Å²) in [6.07, 6.45) is -0.0809. The first-order chi connectivity index (χ1) is 21.8. The Balaban J connectivity index is 1.51. The van der Waals surface area contributed by atoms with Crippen LogP contribution in [0.25, 0.3) is 0 Å². The summed E-state index contributed by atoms with van der Waals surface area (Å²) in [6, 6.07) is 3.06. The summed E-state index contributed by atoms with van der Waals surface area (Å²) in [4.78, 5) is 77.4. The van der Waals surface area contributed by atoms with E-state index in [1.165, 1.54) is 12.1 Å². The standard InChI is InChI=1S/C27H30BClN6O11/c1-2-30-26(43)31-8-9-34-10-11-35(24(40)23(34)39)27(44)33-19(14-6-7-16(36)20(37)18(14)29)22(38)32-17-12-13-4-3-5-15(25(41)42)21(13)46-28(17)45/h3-7,17,19,36-37,45H,2,8-12H2,1H3,(H,32,38)(H,33,44)(H,41,42)(H2,30,31,43)/t17-,19?/m0/s1. The molecule has 2 aromatic rings. The molecule has 244 valence electrons. The van der Waals surface area contributed by atoms with Crippen LogP contribution in [0.3, 0.4) is 0 Å². The number of para-hydroxylation sites is 1. The number of phenols is 2. The van der Waals surface area contributed by atoms with Crippen LogP contribution in [0.1, 0.15) is 34.5 Å². The lowest BCUT2D eigenvalue weighted by molar-refractivity contribution is -0.153. The van der Waals surface area contributed by atoms with Crippen LogP contribution in [-0.2, 0) is 20.8 Å². The van der Waals surface area contributed by atoms with Gasteiger partial charge in [0.05, 0.1) is 16.5 Å². The number of carboxylic acid groups (broad SMARTS) is 1. The van der Waals surface area contributed by atoms with Crippen LogP contribution in [0.2, 0.25) is 5.02 Å². The van der Waals surface area contributed by atoms with Crippen molar-refractivity contribution in [2.24, 2.45) is 0 Å². The van der Waals surface area contributed by atoms with Crippen molar-refractivity contribution in [1.82, 2.24) is 31.1 Å². The number of carboxylic acids is 1. The van der Waals surface area contributed by atoms with Gasteiger partial charge < -0.3 is 51.2 Å². The zero-order chi connectivity index (χ0) is 33.7. The van der Waals surface area contributed by atoms with E-state index in [0.717, 1.165) is 17.0 Å². The highest BCUT2D eigenvalue weighted by Gasteiger charge is 2.41. The van der Waals surface area contributed by atoms with E-state index in [1.54, 1.807) is 13.0 Å². The Bertz CT molecular complexity index is 1580. The molecule has 0 aliphatic carbocycles. The van der Waals surface area contributed by atoms with E-state index < -0.39 is 71.4 Å². The van der Waals surface area contributed by atoms with Crippen LogP contribution in [0.5, 0.6) is 17.2 Å². The molecule has 0 bridgehead atoms. The minimum Gasteiger partial charge on any atom is -0.534 e. The number of piperazine rings is 1. The molecule has 1 unspecified atom stereocenters. The summed E-state index contributed by atoms with van der Waals surface area (Å²) in [5.41, 5.74) is -0.0496. The number of aromatic carboxylic acids is 1. The van der Waals surface area contributed by atoms with Gasteiger partial charge in [0.25, 0.3) is 0 Å². The number of phenolic OH excluding ortho intramolecular Hbond substituents is 2. The van der Waals surface area contributed by atoms with E-state index >= 15 is 0 Å². The summed E-state index contributed by atoms with van der Waals surface area (Å²) in [6.45, 7) is 1.81. The van der Waals surface area contributed by atoms with E-state index in [0.29, 0.717) is 17.0 Å². The third kappa shape index (κ3) is 7.18. The highest BCUT2D eigenvalue weighted by Crippen LogP contribution is 2.38. The second kappa shape index (κ2) is 14.3. The molecule has 2 atom stereocenters. The van der Waals surface area contributed by atoms with Gasteiger partial charge in [0.1, 0.15) is 11.8 Å². The van der Waals surface area contributed by atoms with Crippen molar-refractivity contribution in [3.63, 3.8) is 0 Å². The van der Waals surface area contributed by atoms with E-state index in [4.69, 9.17) is 16.3 Å². The maximum Gasteiger partial charge on any atom is 0.547 e. The quantitative estimate of drug-likeness (QED) is 0.0952. The summed E-state index contributed by atoms with van der Waals surface area (Å²) in [5.74, 6) is -7.19. The van der Waals surface area contributed by atoms with Gasteiger partial charge in [-0.15, -0.1) is 0 Å². The van der Waals surface area contributed by atoms with Crippen LogP contribution in [-0.4, -0.2) is 112 Å². The lowest BCUT2D eigenvalue weighted by Gasteiger charge is -2.34. The van der Waals surface area contributed by atoms with E-state index in [9.17, 15) is 49.1 Å².